The molecule has 2 aromatic rings. The summed E-state index contributed by atoms with van der Waals surface area (Å²) in [6.45, 7) is 7.26. The predicted octanol–water partition coefficient (Wildman–Crippen LogP) is 3.10. The lowest BCUT2D eigenvalue weighted by atomic mass is 10.1. The van der Waals surface area contributed by atoms with E-state index in [2.05, 4.69) is 46.5 Å². The molecule has 0 aliphatic carbocycles. The van der Waals surface area contributed by atoms with Gasteiger partial charge in [0.05, 0.1) is 6.61 Å². The summed E-state index contributed by atoms with van der Waals surface area (Å²) in [6.07, 6.45) is 0. The number of aromatic nitrogens is 2. The molecule has 0 fully saturated rings. The molecule has 0 spiro atoms. The van der Waals surface area contributed by atoms with Gasteiger partial charge < -0.3 is 10.1 Å². The predicted molar refractivity (Wildman–Crippen MR) is 76.4 cm³/mol. The van der Waals surface area contributed by atoms with Crippen LogP contribution in [0.5, 0.6) is 5.88 Å². The van der Waals surface area contributed by atoms with Crippen LogP contribution in [0.15, 0.2) is 30.3 Å². The molecule has 0 radical (unpaired) electrons. The summed E-state index contributed by atoms with van der Waals surface area (Å²) < 4.78 is 5.40. The van der Waals surface area contributed by atoms with Gasteiger partial charge in [-0.2, -0.15) is 4.98 Å². The molecule has 0 aliphatic rings. The molecular weight excluding hydrogens is 238 g/mol. The number of aryl methyl sites for hydroxylation is 2. The Labute approximate surface area is 113 Å². The first-order chi connectivity index (χ1) is 9.17. The third kappa shape index (κ3) is 3.95. The second kappa shape index (κ2) is 6.18. The first-order valence-corrected chi connectivity index (χ1v) is 6.45. The van der Waals surface area contributed by atoms with E-state index in [1.807, 2.05) is 19.9 Å². The number of anilines is 1. The molecular formula is C15H19N3O. The van der Waals surface area contributed by atoms with Crippen LogP contribution in [0, 0.1) is 13.8 Å². The summed E-state index contributed by atoms with van der Waals surface area (Å²) >= 11 is 0. The van der Waals surface area contributed by atoms with Crippen LogP contribution in [0.3, 0.4) is 0 Å². The van der Waals surface area contributed by atoms with Gasteiger partial charge in [0.1, 0.15) is 0 Å². The highest BCUT2D eigenvalue weighted by molar-refractivity contribution is 5.32. The summed E-state index contributed by atoms with van der Waals surface area (Å²) in [7, 11) is 0. The number of hydrogen-bond donors (Lipinski definition) is 1. The molecule has 0 saturated carbocycles. The van der Waals surface area contributed by atoms with Crippen molar-refractivity contribution >= 4 is 5.95 Å². The minimum Gasteiger partial charge on any atom is -0.478 e. The van der Waals surface area contributed by atoms with Crippen LogP contribution in [0.1, 0.15) is 23.7 Å². The average Bonchev–Trinajstić information content (AvgIpc) is 2.38. The van der Waals surface area contributed by atoms with E-state index in [1.165, 1.54) is 11.1 Å². The fourth-order valence-electron chi connectivity index (χ4n) is 1.73. The molecule has 1 aromatic heterocycles. The Kier molecular flexibility index (Phi) is 4.34. The zero-order valence-electron chi connectivity index (χ0n) is 11.6. The van der Waals surface area contributed by atoms with Crippen molar-refractivity contribution in [3.63, 3.8) is 0 Å². The van der Waals surface area contributed by atoms with Crippen LogP contribution in [0.2, 0.25) is 0 Å². The van der Waals surface area contributed by atoms with Gasteiger partial charge in [-0.1, -0.05) is 29.8 Å². The Bertz CT molecular complexity index is 538. The molecule has 0 aliphatic heterocycles. The van der Waals surface area contributed by atoms with E-state index in [0.717, 1.165) is 5.69 Å². The normalized spacial score (nSPS) is 10.3. The van der Waals surface area contributed by atoms with Crippen LogP contribution in [0.4, 0.5) is 5.95 Å². The maximum absolute atomic E-state index is 5.40. The van der Waals surface area contributed by atoms with E-state index in [0.29, 0.717) is 25.0 Å². The van der Waals surface area contributed by atoms with Crippen molar-refractivity contribution in [1.29, 1.82) is 0 Å². The summed E-state index contributed by atoms with van der Waals surface area (Å²) in [5.74, 6) is 1.21. The lowest BCUT2D eigenvalue weighted by Crippen LogP contribution is -2.06. The lowest BCUT2D eigenvalue weighted by molar-refractivity contribution is 0.326. The minimum atomic E-state index is 0.601. The summed E-state index contributed by atoms with van der Waals surface area (Å²) in [6, 6.07) is 10.2. The van der Waals surface area contributed by atoms with Crippen molar-refractivity contribution in [3.8, 4) is 5.88 Å². The first kappa shape index (κ1) is 13.3. The van der Waals surface area contributed by atoms with E-state index >= 15 is 0 Å². The molecule has 1 heterocycles. The van der Waals surface area contributed by atoms with Crippen LogP contribution in [0.25, 0.3) is 0 Å². The molecule has 0 amide bonds. The highest BCUT2D eigenvalue weighted by Crippen LogP contribution is 2.13. The molecule has 100 valence electrons. The molecule has 2 rings (SSSR count). The van der Waals surface area contributed by atoms with Gasteiger partial charge in [-0.15, -0.1) is 0 Å². The van der Waals surface area contributed by atoms with Crippen molar-refractivity contribution in [2.45, 2.75) is 27.3 Å². The van der Waals surface area contributed by atoms with Crippen LogP contribution >= 0.6 is 0 Å². The van der Waals surface area contributed by atoms with E-state index < -0.39 is 0 Å². The Hall–Kier alpha value is -2.10. The third-order valence-corrected chi connectivity index (χ3v) is 2.69. The second-order valence-electron chi connectivity index (χ2n) is 4.44. The minimum absolute atomic E-state index is 0.601. The first-order valence-electron chi connectivity index (χ1n) is 6.45. The van der Waals surface area contributed by atoms with E-state index in [-0.39, 0.29) is 0 Å². The highest BCUT2D eigenvalue weighted by Gasteiger charge is 2.02. The molecule has 1 aromatic carbocycles. The smallest absolute Gasteiger partial charge is 0.226 e. The van der Waals surface area contributed by atoms with Gasteiger partial charge in [-0.05, 0) is 26.3 Å². The molecule has 0 atom stereocenters. The summed E-state index contributed by atoms with van der Waals surface area (Å²) in [4.78, 5) is 8.66. The number of benzene rings is 1. The number of hydrogen-bond acceptors (Lipinski definition) is 4. The Morgan fingerprint density at radius 3 is 2.53 bits per heavy atom. The molecule has 0 unspecified atom stereocenters. The fourth-order valence-corrected chi connectivity index (χ4v) is 1.73. The zero-order chi connectivity index (χ0) is 13.7. The maximum atomic E-state index is 5.40. The van der Waals surface area contributed by atoms with Gasteiger partial charge in [0.2, 0.25) is 11.8 Å². The Balaban J connectivity index is 2.04. The van der Waals surface area contributed by atoms with Gasteiger partial charge in [0.15, 0.2) is 0 Å². The molecule has 4 heteroatoms. The van der Waals surface area contributed by atoms with Crippen molar-refractivity contribution in [2.75, 3.05) is 11.9 Å². The van der Waals surface area contributed by atoms with E-state index in [1.54, 1.807) is 0 Å². The number of nitrogens with one attached hydrogen (secondary N) is 1. The van der Waals surface area contributed by atoms with Crippen LogP contribution in [-0.2, 0) is 6.54 Å². The van der Waals surface area contributed by atoms with Crippen molar-refractivity contribution in [2.24, 2.45) is 0 Å². The molecule has 4 nitrogen and oxygen atoms in total. The zero-order valence-corrected chi connectivity index (χ0v) is 11.6. The molecule has 1 N–H and O–H groups in total. The summed E-state index contributed by atoms with van der Waals surface area (Å²) in [5.41, 5.74) is 3.35. The lowest BCUT2D eigenvalue weighted by Gasteiger charge is -2.08. The molecule has 19 heavy (non-hydrogen) atoms. The fraction of sp³-hybridized carbons (Fsp3) is 0.333. The SMILES string of the molecule is CCOc1cc(C)nc(NCc2ccc(C)cc2)n1. The van der Waals surface area contributed by atoms with Gasteiger partial charge in [-0.3, -0.25) is 0 Å². The summed E-state index contributed by atoms with van der Waals surface area (Å²) in [5, 5.41) is 3.22. The Morgan fingerprint density at radius 2 is 1.84 bits per heavy atom. The van der Waals surface area contributed by atoms with Crippen molar-refractivity contribution in [1.82, 2.24) is 9.97 Å². The van der Waals surface area contributed by atoms with Crippen LogP contribution in [-0.4, -0.2) is 16.6 Å². The second-order valence-corrected chi connectivity index (χ2v) is 4.44. The monoisotopic (exact) mass is 257 g/mol. The van der Waals surface area contributed by atoms with E-state index in [4.69, 9.17) is 4.74 Å². The molecule has 0 bridgehead atoms. The molecule has 0 saturated heterocycles. The topological polar surface area (TPSA) is 47.0 Å². The van der Waals surface area contributed by atoms with Crippen LogP contribution < -0.4 is 10.1 Å². The van der Waals surface area contributed by atoms with Crippen molar-refractivity contribution in [3.05, 3.63) is 47.2 Å². The van der Waals surface area contributed by atoms with Gasteiger partial charge in [0.25, 0.3) is 0 Å². The average molecular weight is 257 g/mol. The van der Waals surface area contributed by atoms with Crippen molar-refractivity contribution < 1.29 is 4.74 Å². The third-order valence-electron chi connectivity index (χ3n) is 2.69. The van der Waals surface area contributed by atoms with E-state index in [9.17, 15) is 0 Å². The quantitative estimate of drug-likeness (QED) is 0.894. The standard InChI is InChI=1S/C15H19N3O/c1-4-19-14-9-12(3)17-15(18-14)16-10-13-7-5-11(2)6-8-13/h5-9H,4,10H2,1-3H3,(H,16,17,18). The van der Waals surface area contributed by atoms with Gasteiger partial charge in [0, 0.05) is 18.3 Å². The van der Waals surface area contributed by atoms with Gasteiger partial charge >= 0.3 is 0 Å². The van der Waals surface area contributed by atoms with Gasteiger partial charge in [-0.25, -0.2) is 4.98 Å². The largest absolute Gasteiger partial charge is 0.478 e. The number of ether oxygens (including phenoxy) is 1. The highest BCUT2D eigenvalue weighted by atomic mass is 16.5. The number of rotatable bonds is 5. The Morgan fingerprint density at radius 1 is 1.11 bits per heavy atom. The number of nitrogens with zero attached hydrogens (tertiary/aromatic N) is 2. The maximum Gasteiger partial charge on any atom is 0.226 e.